The summed E-state index contributed by atoms with van der Waals surface area (Å²) in [6, 6.07) is 5.75. The van der Waals surface area contributed by atoms with Crippen molar-refractivity contribution in [1.29, 1.82) is 5.26 Å². The van der Waals surface area contributed by atoms with Crippen molar-refractivity contribution in [3.05, 3.63) is 28.8 Å². The predicted octanol–water partition coefficient (Wildman–Crippen LogP) is 0.871. The first-order valence-corrected chi connectivity index (χ1v) is 6.60. The van der Waals surface area contributed by atoms with Crippen molar-refractivity contribution in [2.45, 2.75) is 17.9 Å². The van der Waals surface area contributed by atoms with Crippen LogP contribution >= 0.6 is 11.6 Å². The third kappa shape index (κ3) is 3.68. The molecule has 0 fully saturated rings. The molecule has 0 amide bonds. The van der Waals surface area contributed by atoms with Crippen LogP contribution in [0.4, 0.5) is 0 Å². The van der Waals surface area contributed by atoms with E-state index < -0.39 is 16.1 Å². The summed E-state index contributed by atoms with van der Waals surface area (Å²) in [5.41, 5.74) is 0.00694. The number of sulfonamides is 1. The third-order valence-corrected chi connectivity index (χ3v) is 3.62. The average molecular weight is 275 g/mol. The van der Waals surface area contributed by atoms with Gasteiger partial charge < -0.3 is 5.11 Å². The number of benzene rings is 1. The van der Waals surface area contributed by atoms with Crippen LogP contribution in [0.25, 0.3) is 0 Å². The third-order valence-electron chi connectivity index (χ3n) is 1.92. The Kier molecular flexibility index (Phi) is 4.48. The maximum atomic E-state index is 11.8. The zero-order valence-corrected chi connectivity index (χ0v) is 10.6. The van der Waals surface area contributed by atoms with E-state index in [4.69, 9.17) is 22.0 Å². The number of nitrogens with zero attached hydrogens (tertiary/aromatic N) is 1. The summed E-state index contributed by atoms with van der Waals surface area (Å²) in [4.78, 5) is -0.187. The van der Waals surface area contributed by atoms with Crippen LogP contribution in [0.1, 0.15) is 12.5 Å². The monoisotopic (exact) mass is 274 g/mol. The molecule has 0 saturated carbocycles. The molecule has 1 rings (SSSR count). The number of aliphatic hydroxyl groups is 1. The molecule has 1 atom stereocenters. The zero-order chi connectivity index (χ0) is 13.1. The Morgan fingerprint density at radius 2 is 2.24 bits per heavy atom. The lowest BCUT2D eigenvalue weighted by molar-refractivity contribution is 0.198. The van der Waals surface area contributed by atoms with Gasteiger partial charge in [-0.3, -0.25) is 0 Å². The molecule has 0 bridgehead atoms. The molecule has 5 nitrogen and oxygen atoms in total. The second kappa shape index (κ2) is 5.47. The second-order valence-corrected chi connectivity index (χ2v) is 5.63. The van der Waals surface area contributed by atoms with Gasteiger partial charge in [0.05, 0.1) is 11.7 Å². The molecule has 0 aromatic heterocycles. The van der Waals surface area contributed by atoms with E-state index in [9.17, 15) is 8.42 Å². The summed E-state index contributed by atoms with van der Waals surface area (Å²) in [5.74, 6) is 0. The molecule has 0 aliphatic carbocycles. The fourth-order valence-corrected chi connectivity index (χ4v) is 2.66. The number of aliphatic hydroxyl groups excluding tert-OH is 1. The molecular weight excluding hydrogens is 264 g/mol. The lowest BCUT2D eigenvalue weighted by Gasteiger charge is -2.09. The van der Waals surface area contributed by atoms with Gasteiger partial charge in [-0.1, -0.05) is 11.6 Å². The molecule has 0 unspecified atom stereocenters. The van der Waals surface area contributed by atoms with Crippen molar-refractivity contribution in [3.8, 4) is 6.07 Å². The van der Waals surface area contributed by atoms with Crippen LogP contribution in [-0.2, 0) is 10.0 Å². The summed E-state index contributed by atoms with van der Waals surface area (Å²) in [7, 11) is -3.84. The molecule has 1 aromatic carbocycles. The topological polar surface area (TPSA) is 90.2 Å². The van der Waals surface area contributed by atoms with Gasteiger partial charge >= 0.3 is 0 Å². The zero-order valence-electron chi connectivity index (χ0n) is 9.01. The number of nitriles is 1. The molecule has 17 heavy (non-hydrogen) atoms. The van der Waals surface area contributed by atoms with E-state index in [0.29, 0.717) is 0 Å². The van der Waals surface area contributed by atoms with E-state index in [-0.39, 0.29) is 22.0 Å². The highest BCUT2D eigenvalue weighted by Gasteiger charge is 2.19. The Balaban J connectivity index is 3.15. The average Bonchev–Trinajstić information content (AvgIpc) is 2.26. The SMILES string of the molecule is C[C@H](O)CNS(=O)(=O)c1cc(Cl)ccc1C#N. The molecule has 2 N–H and O–H groups in total. The minimum Gasteiger partial charge on any atom is -0.392 e. The van der Waals surface area contributed by atoms with Gasteiger partial charge in [0.1, 0.15) is 11.0 Å². The highest BCUT2D eigenvalue weighted by Crippen LogP contribution is 2.20. The van der Waals surface area contributed by atoms with Crippen molar-refractivity contribution < 1.29 is 13.5 Å². The van der Waals surface area contributed by atoms with Crippen molar-refractivity contribution in [2.75, 3.05) is 6.54 Å². The van der Waals surface area contributed by atoms with Gasteiger partial charge in [0.15, 0.2) is 0 Å². The van der Waals surface area contributed by atoms with Crippen molar-refractivity contribution in [3.63, 3.8) is 0 Å². The van der Waals surface area contributed by atoms with Crippen molar-refractivity contribution in [2.24, 2.45) is 0 Å². The summed E-state index contributed by atoms with van der Waals surface area (Å²) in [5, 5.41) is 18.1. The predicted molar refractivity (Wildman–Crippen MR) is 63.0 cm³/mol. The molecule has 1 aromatic rings. The van der Waals surface area contributed by atoms with Crippen LogP contribution in [0, 0.1) is 11.3 Å². The van der Waals surface area contributed by atoms with Crippen LogP contribution < -0.4 is 4.72 Å². The molecule has 0 spiro atoms. The van der Waals surface area contributed by atoms with Gasteiger partial charge in [0, 0.05) is 11.6 Å². The second-order valence-electron chi connectivity index (χ2n) is 3.45. The van der Waals surface area contributed by atoms with Crippen LogP contribution in [0.15, 0.2) is 23.1 Å². The smallest absolute Gasteiger partial charge is 0.242 e. The lowest BCUT2D eigenvalue weighted by Crippen LogP contribution is -2.31. The summed E-state index contributed by atoms with van der Waals surface area (Å²) >= 11 is 5.69. The lowest BCUT2D eigenvalue weighted by atomic mass is 10.2. The molecule has 0 aliphatic rings. The molecule has 0 radical (unpaired) electrons. The molecule has 0 aliphatic heterocycles. The minimum atomic E-state index is -3.84. The van der Waals surface area contributed by atoms with E-state index in [0.717, 1.165) is 0 Å². The van der Waals surface area contributed by atoms with Crippen LogP contribution in [-0.4, -0.2) is 26.2 Å². The van der Waals surface area contributed by atoms with Crippen LogP contribution in [0.5, 0.6) is 0 Å². The van der Waals surface area contributed by atoms with Crippen LogP contribution in [0.3, 0.4) is 0 Å². The molecule has 7 heteroatoms. The van der Waals surface area contributed by atoms with E-state index in [2.05, 4.69) is 4.72 Å². The first kappa shape index (κ1) is 13.9. The fourth-order valence-electron chi connectivity index (χ4n) is 1.12. The Morgan fingerprint density at radius 3 is 2.76 bits per heavy atom. The van der Waals surface area contributed by atoms with E-state index in [1.54, 1.807) is 6.07 Å². The molecule has 0 heterocycles. The maximum Gasteiger partial charge on any atom is 0.242 e. The normalized spacial score (nSPS) is 13.1. The van der Waals surface area contributed by atoms with E-state index in [1.165, 1.54) is 25.1 Å². The molecular formula is C10H11ClN2O3S. The van der Waals surface area contributed by atoms with Gasteiger partial charge in [-0.05, 0) is 25.1 Å². The summed E-state index contributed by atoms with van der Waals surface area (Å²) < 4.78 is 25.9. The first-order chi connectivity index (χ1) is 7.86. The van der Waals surface area contributed by atoms with Gasteiger partial charge in [-0.25, -0.2) is 13.1 Å². The number of rotatable bonds is 4. The largest absolute Gasteiger partial charge is 0.392 e. The Hall–Kier alpha value is -1.13. The van der Waals surface area contributed by atoms with Gasteiger partial charge in [0.2, 0.25) is 10.0 Å². The number of hydrogen-bond acceptors (Lipinski definition) is 4. The fraction of sp³-hybridized carbons (Fsp3) is 0.300. The molecule has 0 saturated heterocycles. The van der Waals surface area contributed by atoms with Crippen LogP contribution in [0.2, 0.25) is 5.02 Å². The van der Waals surface area contributed by atoms with E-state index in [1.807, 2.05) is 0 Å². The van der Waals surface area contributed by atoms with Gasteiger partial charge in [-0.2, -0.15) is 5.26 Å². The molecule has 92 valence electrons. The summed E-state index contributed by atoms with van der Waals surface area (Å²) in [6.07, 6.45) is -0.811. The Morgan fingerprint density at radius 1 is 1.59 bits per heavy atom. The van der Waals surface area contributed by atoms with Crippen molar-refractivity contribution in [1.82, 2.24) is 4.72 Å². The summed E-state index contributed by atoms with van der Waals surface area (Å²) in [6.45, 7) is 1.32. The van der Waals surface area contributed by atoms with Gasteiger partial charge in [0.25, 0.3) is 0 Å². The van der Waals surface area contributed by atoms with Gasteiger partial charge in [-0.15, -0.1) is 0 Å². The highest BCUT2D eigenvalue weighted by molar-refractivity contribution is 7.89. The number of nitrogens with one attached hydrogen (secondary N) is 1. The first-order valence-electron chi connectivity index (χ1n) is 4.74. The highest BCUT2D eigenvalue weighted by atomic mass is 35.5. The Bertz CT molecular complexity index is 549. The number of halogens is 1. The number of hydrogen-bond donors (Lipinski definition) is 2. The standard InChI is InChI=1S/C10H11ClN2O3S/c1-7(14)6-13-17(15,16)10-4-9(11)3-2-8(10)5-12/h2-4,7,13-14H,6H2,1H3/t7-/m0/s1. The quantitative estimate of drug-likeness (QED) is 0.852. The Labute approximate surface area is 105 Å². The maximum absolute atomic E-state index is 11.8. The van der Waals surface area contributed by atoms with E-state index >= 15 is 0 Å². The van der Waals surface area contributed by atoms with Crippen molar-refractivity contribution >= 4 is 21.6 Å². The minimum absolute atomic E-state index is 0.00694.